The summed E-state index contributed by atoms with van der Waals surface area (Å²) in [5.74, 6) is 0.484. The van der Waals surface area contributed by atoms with E-state index in [-0.39, 0.29) is 16.4 Å². The number of anilines is 1. The van der Waals surface area contributed by atoms with E-state index in [0.717, 1.165) is 0 Å². The van der Waals surface area contributed by atoms with Gasteiger partial charge in [-0.3, -0.25) is 0 Å². The van der Waals surface area contributed by atoms with Crippen LogP contribution in [-0.4, -0.2) is 32.9 Å². The Morgan fingerprint density at radius 3 is 2.60 bits per heavy atom. The Morgan fingerprint density at radius 2 is 2.00 bits per heavy atom. The molecule has 0 saturated carbocycles. The van der Waals surface area contributed by atoms with Crippen molar-refractivity contribution >= 4 is 29.0 Å². The Labute approximate surface area is 97.8 Å². The number of aliphatic hydroxyl groups is 1. The number of hydrogen-bond donors (Lipinski definition) is 2. The van der Waals surface area contributed by atoms with Crippen LogP contribution in [0.15, 0.2) is 0 Å². The summed E-state index contributed by atoms with van der Waals surface area (Å²) in [4.78, 5) is 3.84. The maximum absolute atomic E-state index is 9.55. The number of aromatic nitrogens is 3. The number of aliphatic hydroxyl groups excluding tert-OH is 1. The van der Waals surface area contributed by atoms with Crippen LogP contribution in [0.25, 0.3) is 0 Å². The van der Waals surface area contributed by atoms with Gasteiger partial charge in [-0.2, -0.15) is 4.98 Å². The van der Waals surface area contributed by atoms with Crippen molar-refractivity contribution in [2.45, 2.75) is 20.0 Å². The van der Waals surface area contributed by atoms with E-state index in [9.17, 15) is 5.11 Å². The molecule has 0 spiro atoms. The van der Waals surface area contributed by atoms with E-state index < -0.39 is 6.10 Å². The molecule has 0 radical (unpaired) electrons. The highest BCUT2D eigenvalue weighted by Gasteiger charge is 2.11. The van der Waals surface area contributed by atoms with E-state index in [1.54, 1.807) is 0 Å². The molecule has 2 N–H and O–H groups in total. The third-order valence-corrected chi connectivity index (χ3v) is 2.28. The molecule has 5 nitrogen and oxygen atoms in total. The summed E-state index contributed by atoms with van der Waals surface area (Å²) in [5, 5.41) is 19.6. The predicted octanol–water partition coefficient (Wildman–Crippen LogP) is 1.61. The van der Waals surface area contributed by atoms with Crippen molar-refractivity contribution in [3.05, 3.63) is 10.4 Å². The molecule has 0 aliphatic heterocycles. The van der Waals surface area contributed by atoms with Gasteiger partial charge >= 0.3 is 0 Å². The topological polar surface area (TPSA) is 70.9 Å². The van der Waals surface area contributed by atoms with Crippen LogP contribution in [0.4, 0.5) is 5.82 Å². The van der Waals surface area contributed by atoms with Crippen molar-refractivity contribution < 1.29 is 5.11 Å². The van der Waals surface area contributed by atoms with Crippen LogP contribution in [0.1, 0.15) is 13.8 Å². The Balaban J connectivity index is 2.61. The van der Waals surface area contributed by atoms with Crippen molar-refractivity contribution in [3.63, 3.8) is 0 Å². The molecule has 0 aromatic carbocycles. The van der Waals surface area contributed by atoms with Crippen LogP contribution >= 0.6 is 23.2 Å². The van der Waals surface area contributed by atoms with Crippen LogP contribution in [0.3, 0.4) is 0 Å². The fraction of sp³-hybridized carbons (Fsp3) is 0.625. The zero-order valence-corrected chi connectivity index (χ0v) is 9.92. The quantitative estimate of drug-likeness (QED) is 0.850. The van der Waals surface area contributed by atoms with E-state index in [1.165, 1.54) is 0 Å². The van der Waals surface area contributed by atoms with E-state index >= 15 is 0 Å². The number of rotatable bonds is 4. The van der Waals surface area contributed by atoms with E-state index in [0.29, 0.717) is 12.4 Å². The van der Waals surface area contributed by atoms with E-state index in [2.05, 4.69) is 20.5 Å². The molecule has 1 rings (SSSR count). The molecule has 1 unspecified atom stereocenters. The Hall–Kier alpha value is -0.650. The molecular formula is C8H12Cl2N4O. The monoisotopic (exact) mass is 250 g/mol. The fourth-order valence-electron chi connectivity index (χ4n) is 0.843. The van der Waals surface area contributed by atoms with Gasteiger partial charge < -0.3 is 10.4 Å². The normalized spacial score (nSPS) is 12.9. The highest BCUT2D eigenvalue weighted by Crippen LogP contribution is 2.16. The molecule has 0 bridgehead atoms. The van der Waals surface area contributed by atoms with Crippen molar-refractivity contribution in [2.24, 2.45) is 5.92 Å². The van der Waals surface area contributed by atoms with Crippen LogP contribution in [-0.2, 0) is 0 Å². The van der Waals surface area contributed by atoms with Crippen molar-refractivity contribution in [1.29, 1.82) is 0 Å². The number of halogens is 2. The molecular weight excluding hydrogens is 239 g/mol. The molecule has 0 fully saturated rings. The van der Waals surface area contributed by atoms with E-state index in [4.69, 9.17) is 23.2 Å². The lowest BCUT2D eigenvalue weighted by Crippen LogP contribution is -2.25. The molecule has 0 saturated heterocycles. The first-order chi connectivity index (χ1) is 7.00. The zero-order chi connectivity index (χ0) is 11.4. The minimum Gasteiger partial charge on any atom is -0.391 e. The second kappa shape index (κ2) is 5.44. The minimum atomic E-state index is -0.477. The number of hydrogen-bond acceptors (Lipinski definition) is 5. The van der Waals surface area contributed by atoms with Crippen molar-refractivity contribution in [3.8, 4) is 0 Å². The SMILES string of the molecule is CC(C)C(O)CNc1nc(Cl)nnc1Cl. The van der Waals surface area contributed by atoms with Gasteiger partial charge in [-0.1, -0.05) is 25.4 Å². The van der Waals surface area contributed by atoms with E-state index in [1.807, 2.05) is 13.8 Å². The number of nitrogens with zero attached hydrogens (tertiary/aromatic N) is 3. The summed E-state index contributed by atoms with van der Waals surface area (Å²) in [6, 6.07) is 0. The Bertz CT molecular complexity index is 334. The van der Waals surface area contributed by atoms with Gasteiger partial charge in [-0.05, 0) is 17.5 Å². The third kappa shape index (κ3) is 3.77. The highest BCUT2D eigenvalue weighted by atomic mass is 35.5. The first-order valence-corrected chi connectivity index (χ1v) is 5.24. The molecule has 1 aromatic heterocycles. The summed E-state index contributed by atoms with van der Waals surface area (Å²) in [6.07, 6.45) is -0.477. The van der Waals surface area contributed by atoms with Crippen LogP contribution < -0.4 is 5.32 Å². The third-order valence-electron chi connectivity index (χ3n) is 1.87. The summed E-state index contributed by atoms with van der Waals surface area (Å²) in [5.41, 5.74) is 0. The maximum atomic E-state index is 9.55. The van der Waals surface area contributed by atoms with Gasteiger partial charge in [-0.15, -0.1) is 10.2 Å². The molecule has 1 atom stereocenters. The molecule has 1 aromatic rings. The lowest BCUT2D eigenvalue weighted by Gasteiger charge is -2.15. The number of nitrogens with one attached hydrogen (secondary N) is 1. The van der Waals surface area contributed by atoms with Gasteiger partial charge in [0.1, 0.15) is 0 Å². The van der Waals surface area contributed by atoms with Crippen molar-refractivity contribution in [2.75, 3.05) is 11.9 Å². The summed E-state index contributed by atoms with van der Waals surface area (Å²) in [7, 11) is 0. The average molecular weight is 251 g/mol. The minimum absolute atomic E-state index is 0.0148. The first kappa shape index (κ1) is 12.4. The Morgan fingerprint density at radius 1 is 1.33 bits per heavy atom. The summed E-state index contributed by atoms with van der Waals surface area (Å²) in [6.45, 7) is 4.17. The lowest BCUT2D eigenvalue weighted by molar-refractivity contribution is 0.138. The van der Waals surface area contributed by atoms with Gasteiger partial charge in [0.05, 0.1) is 6.10 Å². The van der Waals surface area contributed by atoms with Gasteiger partial charge in [0.2, 0.25) is 5.28 Å². The molecule has 0 aliphatic rings. The van der Waals surface area contributed by atoms with Crippen LogP contribution in [0, 0.1) is 5.92 Å². The van der Waals surface area contributed by atoms with Gasteiger partial charge in [0.15, 0.2) is 11.0 Å². The van der Waals surface area contributed by atoms with Gasteiger partial charge in [0.25, 0.3) is 0 Å². The first-order valence-electron chi connectivity index (χ1n) is 4.48. The van der Waals surface area contributed by atoms with Gasteiger partial charge in [-0.25, -0.2) is 0 Å². The predicted molar refractivity (Wildman–Crippen MR) is 59.2 cm³/mol. The second-order valence-corrected chi connectivity index (χ2v) is 4.11. The van der Waals surface area contributed by atoms with Crippen molar-refractivity contribution in [1.82, 2.24) is 15.2 Å². The molecule has 84 valence electrons. The fourth-order valence-corrected chi connectivity index (χ4v) is 1.11. The largest absolute Gasteiger partial charge is 0.391 e. The molecule has 0 amide bonds. The van der Waals surface area contributed by atoms with Gasteiger partial charge in [0, 0.05) is 6.54 Å². The highest BCUT2D eigenvalue weighted by molar-refractivity contribution is 6.32. The molecule has 7 heteroatoms. The molecule has 0 aliphatic carbocycles. The zero-order valence-electron chi connectivity index (χ0n) is 8.41. The summed E-state index contributed by atoms with van der Waals surface area (Å²) >= 11 is 11.3. The molecule has 1 heterocycles. The second-order valence-electron chi connectivity index (χ2n) is 3.41. The maximum Gasteiger partial charge on any atom is 0.245 e. The molecule has 15 heavy (non-hydrogen) atoms. The lowest BCUT2D eigenvalue weighted by atomic mass is 10.1. The standard InChI is InChI=1S/C8H12Cl2N4O/c1-4(2)5(15)3-11-7-6(9)13-14-8(10)12-7/h4-5,15H,3H2,1-2H3,(H,11,12,14). The smallest absolute Gasteiger partial charge is 0.245 e. The van der Waals surface area contributed by atoms with Crippen LogP contribution in [0.2, 0.25) is 10.4 Å². The van der Waals surface area contributed by atoms with Crippen LogP contribution in [0.5, 0.6) is 0 Å². The average Bonchev–Trinajstić information content (AvgIpc) is 2.18. The summed E-state index contributed by atoms with van der Waals surface area (Å²) < 4.78 is 0. The Kier molecular flexibility index (Phi) is 4.50.